The van der Waals surface area contributed by atoms with Gasteiger partial charge in [0, 0.05) is 12.6 Å². The molecule has 1 heterocycles. The predicted octanol–water partition coefficient (Wildman–Crippen LogP) is 2.65. The lowest BCUT2D eigenvalue weighted by Gasteiger charge is -2.28. The minimum Gasteiger partial charge on any atom is -0.295 e. The molecule has 0 bridgehead atoms. The number of hydrogen-bond donors (Lipinski definition) is 0. The molecular formula is C13H16N. The van der Waals surface area contributed by atoms with E-state index in [0.29, 0.717) is 0 Å². The van der Waals surface area contributed by atoms with Gasteiger partial charge in [-0.2, -0.15) is 0 Å². The first-order chi connectivity index (χ1) is 6.86. The van der Waals surface area contributed by atoms with Crippen molar-refractivity contribution >= 4 is 0 Å². The van der Waals surface area contributed by atoms with Crippen LogP contribution in [0.15, 0.2) is 42.5 Å². The van der Waals surface area contributed by atoms with Crippen molar-refractivity contribution in [2.24, 2.45) is 0 Å². The summed E-state index contributed by atoms with van der Waals surface area (Å²) in [6.45, 7) is 1.06. The number of rotatable bonds is 2. The monoisotopic (exact) mass is 186 g/mol. The molecule has 1 heteroatoms. The largest absolute Gasteiger partial charge is 0.295 e. The molecule has 1 aliphatic heterocycles. The molecule has 0 N–H and O–H groups in total. The molecule has 1 radical (unpaired) electrons. The van der Waals surface area contributed by atoms with Crippen LogP contribution in [0.1, 0.15) is 12.0 Å². The van der Waals surface area contributed by atoms with E-state index < -0.39 is 0 Å². The summed E-state index contributed by atoms with van der Waals surface area (Å²) in [7, 11) is 2.17. The Hall–Kier alpha value is -1.08. The number of benzene rings is 1. The first-order valence-electron chi connectivity index (χ1n) is 5.11. The molecule has 2 rings (SSSR count). The van der Waals surface area contributed by atoms with Gasteiger partial charge in [-0.1, -0.05) is 42.5 Å². The number of hydrogen-bond acceptors (Lipinski definition) is 1. The van der Waals surface area contributed by atoms with Crippen molar-refractivity contribution in [3.05, 3.63) is 54.1 Å². The first kappa shape index (κ1) is 9.47. The highest BCUT2D eigenvalue weighted by Gasteiger charge is 2.16. The molecule has 0 saturated carbocycles. The van der Waals surface area contributed by atoms with E-state index >= 15 is 0 Å². The summed E-state index contributed by atoms with van der Waals surface area (Å²) in [5.41, 5.74) is 1.41. The van der Waals surface area contributed by atoms with Crippen molar-refractivity contribution in [1.82, 2.24) is 4.90 Å². The van der Waals surface area contributed by atoms with E-state index in [-0.39, 0.29) is 0 Å². The summed E-state index contributed by atoms with van der Waals surface area (Å²) < 4.78 is 0. The van der Waals surface area contributed by atoms with Crippen LogP contribution < -0.4 is 0 Å². The highest BCUT2D eigenvalue weighted by atomic mass is 15.1. The van der Waals surface area contributed by atoms with Gasteiger partial charge in [-0.15, -0.1) is 0 Å². The third kappa shape index (κ3) is 2.24. The smallest absolute Gasteiger partial charge is 0.0474 e. The Kier molecular flexibility index (Phi) is 3.00. The topological polar surface area (TPSA) is 3.24 Å². The zero-order chi connectivity index (χ0) is 9.80. The summed E-state index contributed by atoms with van der Waals surface area (Å²) in [6, 6.07) is 12.2. The van der Waals surface area contributed by atoms with Gasteiger partial charge in [-0.25, -0.2) is 0 Å². The van der Waals surface area contributed by atoms with E-state index in [9.17, 15) is 0 Å². The van der Waals surface area contributed by atoms with Gasteiger partial charge in [-0.05, 0) is 25.5 Å². The van der Waals surface area contributed by atoms with Crippen LogP contribution in [0.5, 0.6) is 0 Å². The number of likely N-dealkylation sites (N-methyl/N-ethyl adjacent to an activating group) is 1. The molecule has 14 heavy (non-hydrogen) atoms. The van der Waals surface area contributed by atoms with Gasteiger partial charge in [0.1, 0.15) is 0 Å². The molecule has 0 saturated heterocycles. The average molecular weight is 186 g/mol. The molecule has 0 spiro atoms. The summed E-state index contributed by atoms with van der Waals surface area (Å²) >= 11 is 0. The SMILES string of the molecule is CN1CC=CC[C]1Cc1ccccc1. The number of nitrogens with zero attached hydrogens (tertiary/aromatic N) is 1. The molecule has 0 aliphatic carbocycles. The fraction of sp³-hybridized carbons (Fsp3) is 0.308. The van der Waals surface area contributed by atoms with E-state index in [1.54, 1.807) is 0 Å². The van der Waals surface area contributed by atoms with Crippen LogP contribution in [0.25, 0.3) is 0 Å². The Bertz CT molecular complexity index is 302. The molecule has 1 aromatic rings. The van der Waals surface area contributed by atoms with Gasteiger partial charge >= 0.3 is 0 Å². The summed E-state index contributed by atoms with van der Waals surface area (Å²) in [4.78, 5) is 2.34. The van der Waals surface area contributed by atoms with Crippen molar-refractivity contribution < 1.29 is 0 Å². The second-order valence-corrected chi connectivity index (χ2v) is 3.78. The van der Waals surface area contributed by atoms with Crippen LogP contribution in [0.4, 0.5) is 0 Å². The average Bonchev–Trinajstić information content (AvgIpc) is 2.23. The Morgan fingerprint density at radius 2 is 1.93 bits per heavy atom. The summed E-state index contributed by atoms with van der Waals surface area (Å²) in [5, 5.41) is 0. The molecule has 0 unspecified atom stereocenters. The van der Waals surface area contributed by atoms with Crippen LogP contribution in [0.2, 0.25) is 0 Å². The Morgan fingerprint density at radius 3 is 2.64 bits per heavy atom. The van der Waals surface area contributed by atoms with Crippen molar-refractivity contribution in [1.29, 1.82) is 0 Å². The molecular weight excluding hydrogens is 170 g/mol. The highest BCUT2D eigenvalue weighted by Crippen LogP contribution is 2.21. The van der Waals surface area contributed by atoms with E-state index in [0.717, 1.165) is 19.4 Å². The third-order valence-electron chi connectivity index (χ3n) is 2.69. The lowest BCUT2D eigenvalue weighted by molar-refractivity contribution is 0.353. The van der Waals surface area contributed by atoms with Crippen LogP contribution in [0.3, 0.4) is 0 Å². The summed E-state index contributed by atoms with van der Waals surface area (Å²) in [5.74, 6) is 0. The maximum atomic E-state index is 2.34. The summed E-state index contributed by atoms with van der Waals surface area (Å²) in [6.07, 6.45) is 6.68. The minimum absolute atomic E-state index is 1.06. The van der Waals surface area contributed by atoms with Crippen molar-refractivity contribution in [2.75, 3.05) is 13.6 Å². The fourth-order valence-electron chi connectivity index (χ4n) is 1.78. The zero-order valence-corrected chi connectivity index (χ0v) is 8.61. The molecule has 1 aromatic carbocycles. The van der Waals surface area contributed by atoms with Crippen LogP contribution in [0, 0.1) is 6.04 Å². The molecule has 1 nitrogen and oxygen atoms in total. The van der Waals surface area contributed by atoms with Crippen LogP contribution in [-0.4, -0.2) is 18.5 Å². The molecule has 1 aliphatic rings. The van der Waals surface area contributed by atoms with Gasteiger partial charge in [0.15, 0.2) is 0 Å². The van der Waals surface area contributed by atoms with E-state index in [1.165, 1.54) is 11.6 Å². The minimum atomic E-state index is 1.06. The maximum absolute atomic E-state index is 2.34. The lowest BCUT2D eigenvalue weighted by atomic mass is 10.00. The molecule has 0 atom stereocenters. The van der Waals surface area contributed by atoms with Gasteiger partial charge < -0.3 is 0 Å². The first-order valence-corrected chi connectivity index (χ1v) is 5.11. The Morgan fingerprint density at radius 1 is 1.14 bits per heavy atom. The van der Waals surface area contributed by atoms with E-state index in [1.807, 2.05) is 0 Å². The van der Waals surface area contributed by atoms with Crippen LogP contribution in [-0.2, 0) is 6.42 Å². The maximum Gasteiger partial charge on any atom is 0.0474 e. The predicted molar refractivity (Wildman–Crippen MR) is 59.8 cm³/mol. The Labute approximate surface area is 86.1 Å². The molecule has 73 valence electrons. The highest BCUT2D eigenvalue weighted by molar-refractivity contribution is 5.20. The standard InChI is InChI=1S/C13H16N/c1-14-10-6-5-9-13(14)11-12-7-3-2-4-8-12/h2-8H,9-11H2,1H3. The second-order valence-electron chi connectivity index (χ2n) is 3.78. The Balaban J connectivity index is 2.00. The van der Waals surface area contributed by atoms with E-state index in [2.05, 4.69) is 54.4 Å². The quantitative estimate of drug-likeness (QED) is 0.642. The second kappa shape index (κ2) is 4.43. The van der Waals surface area contributed by atoms with Crippen LogP contribution >= 0.6 is 0 Å². The van der Waals surface area contributed by atoms with Gasteiger partial charge in [0.05, 0.1) is 0 Å². The van der Waals surface area contributed by atoms with Gasteiger partial charge in [0.25, 0.3) is 0 Å². The van der Waals surface area contributed by atoms with Gasteiger partial charge in [0.2, 0.25) is 0 Å². The third-order valence-corrected chi connectivity index (χ3v) is 2.69. The lowest BCUT2D eigenvalue weighted by Crippen LogP contribution is -2.28. The van der Waals surface area contributed by atoms with Crippen molar-refractivity contribution in [3.63, 3.8) is 0 Å². The molecule has 0 aromatic heterocycles. The van der Waals surface area contributed by atoms with Gasteiger partial charge in [-0.3, -0.25) is 4.90 Å². The fourth-order valence-corrected chi connectivity index (χ4v) is 1.78. The molecule has 0 fully saturated rings. The van der Waals surface area contributed by atoms with Crippen molar-refractivity contribution in [2.45, 2.75) is 12.8 Å². The molecule has 0 amide bonds. The van der Waals surface area contributed by atoms with E-state index in [4.69, 9.17) is 0 Å². The van der Waals surface area contributed by atoms with Crippen molar-refractivity contribution in [3.8, 4) is 0 Å². The normalized spacial score (nSPS) is 18.6. The zero-order valence-electron chi connectivity index (χ0n) is 8.61.